The van der Waals surface area contributed by atoms with Crippen LogP contribution in [0, 0.1) is 17.8 Å². The first-order chi connectivity index (χ1) is 17.9. The lowest BCUT2D eigenvalue weighted by Crippen LogP contribution is -2.29. The van der Waals surface area contributed by atoms with Gasteiger partial charge in [0.1, 0.15) is 17.4 Å². The molecule has 0 radical (unpaired) electrons. The number of hydrogen-bond donors (Lipinski definition) is 0. The second kappa shape index (κ2) is 14.8. The summed E-state index contributed by atoms with van der Waals surface area (Å²) in [6.45, 7) is 6.07. The van der Waals surface area contributed by atoms with Gasteiger partial charge in [-0.15, -0.1) is 0 Å². The van der Waals surface area contributed by atoms with E-state index in [1.54, 1.807) is 12.1 Å². The molecule has 1 aromatic rings. The average Bonchev–Trinajstić information content (AvgIpc) is 2.94. The minimum Gasteiger partial charge on any atom is -0.496 e. The molecule has 0 N–H and O–H groups in total. The van der Waals surface area contributed by atoms with Crippen LogP contribution in [0.1, 0.15) is 98.3 Å². The van der Waals surface area contributed by atoms with E-state index in [-0.39, 0.29) is 25.1 Å². The van der Waals surface area contributed by atoms with Crippen molar-refractivity contribution in [1.29, 1.82) is 0 Å². The smallest absolute Gasteiger partial charge is 0.342 e. The van der Waals surface area contributed by atoms with Crippen molar-refractivity contribution in [2.24, 2.45) is 17.8 Å². The normalized spacial score (nSPS) is 23.5. The zero-order valence-electron chi connectivity index (χ0n) is 22.4. The Kier molecular flexibility index (Phi) is 11.5. The summed E-state index contributed by atoms with van der Waals surface area (Å²) in [7, 11) is 1.46. The lowest BCUT2D eigenvalue weighted by Gasteiger charge is -2.37. The minimum atomic E-state index is -0.507. The summed E-state index contributed by atoms with van der Waals surface area (Å²) in [5.74, 6) is 1.40. The fourth-order valence-corrected chi connectivity index (χ4v) is 5.63. The van der Waals surface area contributed by atoms with Gasteiger partial charge in [0.25, 0.3) is 0 Å². The molecule has 7 nitrogen and oxygen atoms in total. The van der Waals surface area contributed by atoms with Gasteiger partial charge in [-0.1, -0.05) is 32.8 Å². The highest BCUT2D eigenvalue weighted by Gasteiger charge is 2.32. The second-order valence-corrected chi connectivity index (χ2v) is 10.3. The summed E-state index contributed by atoms with van der Waals surface area (Å²) in [6, 6.07) is 4.62. The van der Waals surface area contributed by atoms with E-state index in [0.717, 1.165) is 49.5 Å². The van der Waals surface area contributed by atoms with Crippen LogP contribution in [0.2, 0.25) is 0 Å². The van der Waals surface area contributed by atoms with E-state index in [1.165, 1.54) is 45.3 Å². The molecule has 0 unspecified atom stereocenters. The predicted molar refractivity (Wildman–Crippen MR) is 141 cm³/mol. The van der Waals surface area contributed by atoms with Crippen LogP contribution in [0.3, 0.4) is 0 Å². The third kappa shape index (κ3) is 8.61. The molecular weight excluding hydrogens is 472 g/mol. The number of ether oxygens (including phenoxy) is 4. The number of rotatable bonds is 12. The number of benzene rings is 1. The highest BCUT2D eigenvalue weighted by Crippen LogP contribution is 2.41. The fourth-order valence-electron chi connectivity index (χ4n) is 5.63. The summed E-state index contributed by atoms with van der Waals surface area (Å²) in [6.07, 6.45) is 13.0. The van der Waals surface area contributed by atoms with Gasteiger partial charge in [0, 0.05) is 6.08 Å². The zero-order valence-corrected chi connectivity index (χ0v) is 22.4. The first-order valence-electron chi connectivity index (χ1n) is 13.8. The van der Waals surface area contributed by atoms with Gasteiger partial charge < -0.3 is 18.9 Å². The average molecular weight is 515 g/mol. The van der Waals surface area contributed by atoms with Crippen LogP contribution in [0.4, 0.5) is 0 Å². The summed E-state index contributed by atoms with van der Waals surface area (Å²) >= 11 is 0. The molecule has 0 bridgehead atoms. The summed E-state index contributed by atoms with van der Waals surface area (Å²) in [5, 5.41) is 0. The predicted octanol–water partition coefficient (Wildman–Crippen LogP) is 6.29. The lowest BCUT2D eigenvalue weighted by atomic mass is 9.70. The maximum atomic E-state index is 12.9. The number of hydrogen-bond acceptors (Lipinski definition) is 7. The maximum Gasteiger partial charge on any atom is 0.342 e. The van der Waals surface area contributed by atoms with Crippen molar-refractivity contribution in [3.05, 3.63) is 42.0 Å². The van der Waals surface area contributed by atoms with Crippen molar-refractivity contribution < 1.29 is 33.3 Å². The van der Waals surface area contributed by atoms with Crippen molar-refractivity contribution in [3.8, 4) is 5.75 Å². The van der Waals surface area contributed by atoms with Crippen LogP contribution >= 0.6 is 0 Å². The van der Waals surface area contributed by atoms with E-state index in [1.807, 2.05) is 0 Å². The quantitative estimate of drug-likeness (QED) is 0.140. The molecule has 1 aromatic carbocycles. The monoisotopic (exact) mass is 514 g/mol. The Hall–Kier alpha value is -2.83. The molecule has 37 heavy (non-hydrogen) atoms. The molecule has 0 amide bonds. The Morgan fingerprint density at radius 2 is 1.51 bits per heavy atom. The van der Waals surface area contributed by atoms with Gasteiger partial charge in [-0.3, -0.25) is 0 Å². The molecule has 2 fully saturated rings. The lowest BCUT2D eigenvalue weighted by molar-refractivity contribution is -0.137. The summed E-state index contributed by atoms with van der Waals surface area (Å²) in [5.41, 5.74) is 0.605. The van der Waals surface area contributed by atoms with Gasteiger partial charge >= 0.3 is 17.9 Å². The molecule has 0 aliphatic heterocycles. The van der Waals surface area contributed by atoms with Crippen molar-refractivity contribution in [2.45, 2.75) is 83.7 Å². The topological polar surface area (TPSA) is 88.1 Å². The maximum absolute atomic E-state index is 12.9. The molecular formula is C30H42O7. The molecule has 3 rings (SSSR count). The van der Waals surface area contributed by atoms with Crippen LogP contribution < -0.4 is 4.74 Å². The molecule has 2 saturated carbocycles. The molecule has 0 heterocycles. The molecule has 0 aromatic heterocycles. The van der Waals surface area contributed by atoms with E-state index in [0.29, 0.717) is 24.0 Å². The standard InChI is InChI=1S/C30H42O7/c1-4-21-8-10-22(11-9-21)23-12-15-25(16-13-23)37-30(33)26-17-14-24(20-27(26)34-3)29(32)36-19-7-6-18-35-28(31)5-2/h5,14,17,20-23,25H,2,4,6-13,15-16,18-19H2,1,3H3. The Bertz CT molecular complexity index is 909. The van der Waals surface area contributed by atoms with Crippen LogP contribution in [0.25, 0.3) is 0 Å². The SMILES string of the molecule is C=CC(=O)OCCCCOC(=O)c1ccc(C(=O)OC2CCC(C3CCC(CC)CC3)CC2)c(OC)c1. The number of esters is 3. The molecule has 7 heteroatoms. The minimum absolute atomic E-state index is 0.0733. The summed E-state index contributed by atoms with van der Waals surface area (Å²) in [4.78, 5) is 36.3. The van der Waals surface area contributed by atoms with Crippen molar-refractivity contribution in [1.82, 2.24) is 0 Å². The third-order valence-electron chi connectivity index (χ3n) is 7.97. The molecule has 0 spiro atoms. The van der Waals surface area contributed by atoms with Gasteiger partial charge in [-0.25, -0.2) is 14.4 Å². The Balaban J connectivity index is 1.43. The third-order valence-corrected chi connectivity index (χ3v) is 7.97. The van der Waals surface area contributed by atoms with Gasteiger partial charge in [0.2, 0.25) is 0 Å². The van der Waals surface area contributed by atoms with Crippen molar-refractivity contribution >= 4 is 17.9 Å². The van der Waals surface area contributed by atoms with Crippen LogP contribution in [-0.2, 0) is 19.0 Å². The van der Waals surface area contributed by atoms with Gasteiger partial charge in [0.05, 0.1) is 25.9 Å². The first kappa shape index (κ1) is 28.7. The van der Waals surface area contributed by atoms with E-state index in [9.17, 15) is 14.4 Å². The number of carbonyl (C=O) groups is 3. The van der Waals surface area contributed by atoms with Crippen LogP contribution in [-0.4, -0.2) is 44.3 Å². The molecule has 0 saturated heterocycles. The molecule has 2 aliphatic carbocycles. The Morgan fingerprint density at radius 3 is 2.11 bits per heavy atom. The van der Waals surface area contributed by atoms with Crippen LogP contribution in [0.15, 0.2) is 30.9 Å². The summed E-state index contributed by atoms with van der Waals surface area (Å²) < 4.78 is 21.4. The van der Waals surface area contributed by atoms with E-state index < -0.39 is 17.9 Å². The highest BCUT2D eigenvalue weighted by atomic mass is 16.5. The van der Waals surface area contributed by atoms with E-state index in [4.69, 9.17) is 18.9 Å². The van der Waals surface area contributed by atoms with E-state index >= 15 is 0 Å². The van der Waals surface area contributed by atoms with Crippen LogP contribution in [0.5, 0.6) is 5.75 Å². The Labute approximate surface area is 220 Å². The zero-order chi connectivity index (χ0) is 26.6. The van der Waals surface area contributed by atoms with Gasteiger partial charge in [0.15, 0.2) is 0 Å². The fraction of sp³-hybridized carbons (Fsp3) is 0.633. The van der Waals surface area contributed by atoms with Gasteiger partial charge in [-0.05, 0) is 87.3 Å². The van der Waals surface area contributed by atoms with Gasteiger partial charge in [-0.2, -0.15) is 0 Å². The van der Waals surface area contributed by atoms with E-state index in [2.05, 4.69) is 13.5 Å². The number of carbonyl (C=O) groups excluding carboxylic acids is 3. The first-order valence-corrected chi connectivity index (χ1v) is 13.8. The molecule has 204 valence electrons. The largest absolute Gasteiger partial charge is 0.496 e. The molecule has 0 atom stereocenters. The molecule has 2 aliphatic rings. The number of unbranched alkanes of at least 4 members (excludes halogenated alkanes) is 1. The van der Waals surface area contributed by atoms with Crippen molar-refractivity contribution in [2.75, 3.05) is 20.3 Å². The Morgan fingerprint density at radius 1 is 0.892 bits per heavy atom. The second-order valence-electron chi connectivity index (χ2n) is 10.3. The number of methoxy groups -OCH3 is 1. The van der Waals surface area contributed by atoms with Crippen molar-refractivity contribution in [3.63, 3.8) is 0 Å². The highest BCUT2D eigenvalue weighted by molar-refractivity contribution is 5.96.